The van der Waals surface area contributed by atoms with E-state index in [1.165, 1.54) is 0 Å². The summed E-state index contributed by atoms with van der Waals surface area (Å²) in [6.07, 6.45) is 3.78. The molecule has 32 heavy (non-hydrogen) atoms. The van der Waals surface area contributed by atoms with Gasteiger partial charge in [-0.05, 0) is 18.2 Å². The summed E-state index contributed by atoms with van der Waals surface area (Å²) in [5, 5.41) is 4.44. The lowest BCUT2D eigenvalue weighted by Gasteiger charge is -2.24. The molecule has 8 heteroatoms. The molecule has 1 aliphatic rings. The molecule has 1 fully saturated rings. The zero-order valence-corrected chi connectivity index (χ0v) is 18.0. The van der Waals surface area contributed by atoms with Gasteiger partial charge in [0.2, 0.25) is 0 Å². The van der Waals surface area contributed by atoms with Crippen molar-refractivity contribution in [2.24, 2.45) is 0 Å². The molecule has 0 saturated carbocycles. The minimum atomic E-state index is 0.182. The van der Waals surface area contributed by atoms with Crippen molar-refractivity contribution in [1.29, 1.82) is 0 Å². The molecule has 8 nitrogen and oxygen atoms in total. The molecule has 0 aliphatic carbocycles. The van der Waals surface area contributed by atoms with E-state index in [1.807, 2.05) is 53.2 Å². The average Bonchev–Trinajstić information content (AvgIpc) is 3.26. The van der Waals surface area contributed by atoms with Gasteiger partial charge in [-0.15, -0.1) is 0 Å². The minimum Gasteiger partial charge on any atom is -0.491 e. The summed E-state index contributed by atoms with van der Waals surface area (Å²) in [5.41, 5.74) is 3.36. The number of nitrogens with zero attached hydrogens (tertiary/aromatic N) is 3. The Morgan fingerprint density at radius 2 is 2.12 bits per heavy atom. The molecule has 166 valence electrons. The minimum absolute atomic E-state index is 0.182. The number of aromatic nitrogens is 3. The molecular weight excluding hydrogens is 408 g/mol. The van der Waals surface area contributed by atoms with Crippen molar-refractivity contribution < 1.29 is 18.9 Å². The lowest BCUT2D eigenvalue weighted by atomic mass is 10.1. The highest BCUT2D eigenvalue weighted by Gasteiger charge is 2.15. The van der Waals surface area contributed by atoms with Gasteiger partial charge in [-0.25, -0.2) is 9.97 Å². The predicted octanol–water partition coefficient (Wildman–Crippen LogP) is 2.94. The van der Waals surface area contributed by atoms with E-state index in [9.17, 15) is 0 Å². The van der Waals surface area contributed by atoms with Gasteiger partial charge in [-0.2, -0.15) is 0 Å². The molecule has 5 rings (SSSR count). The monoisotopic (exact) mass is 434 g/mol. The molecule has 0 radical (unpaired) electrons. The van der Waals surface area contributed by atoms with Gasteiger partial charge in [0.25, 0.3) is 0 Å². The van der Waals surface area contributed by atoms with Crippen molar-refractivity contribution in [2.45, 2.75) is 6.04 Å². The quantitative estimate of drug-likeness (QED) is 0.427. The molecule has 0 bridgehead atoms. The second-order valence-electron chi connectivity index (χ2n) is 7.64. The van der Waals surface area contributed by atoms with E-state index in [2.05, 4.69) is 16.4 Å². The van der Waals surface area contributed by atoms with Crippen molar-refractivity contribution >= 4 is 16.6 Å². The predicted molar refractivity (Wildman–Crippen MR) is 121 cm³/mol. The van der Waals surface area contributed by atoms with Crippen molar-refractivity contribution in [3.63, 3.8) is 0 Å². The smallest absolute Gasteiger partial charge is 0.145 e. The van der Waals surface area contributed by atoms with Gasteiger partial charge in [0.15, 0.2) is 0 Å². The van der Waals surface area contributed by atoms with Crippen LogP contribution < -0.4 is 14.8 Å². The highest BCUT2D eigenvalue weighted by atomic mass is 16.5. The second-order valence-corrected chi connectivity index (χ2v) is 7.64. The van der Waals surface area contributed by atoms with Crippen LogP contribution in [-0.2, 0) is 9.47 Å². The van der Waals surface area contributed by atoms with Crippen LogP contribution in [0, 0.1) is 0 Å². The summed E-state index contributed by atoms with van der Waals surface area (Å²) >= 11 is 0. The van der Waals surface area contributed by atoms with Gasteiger partial charge in [-0.3, -0.25) is 4.40 Å². The second kappa shape index (κ2) is 9.52. The molecule has 1 aliphatic heterocycles. The number of benzene rings is 1. The molecule has 3 aromatic heterocycles. The number of rotatable bonds is 8. The fourth-order valence-electron chi connectivity index (χ4n) is 3.78. The Morgan fingerprint density at radius 1 is 1.16 bits per heavy atom. The lowest BCUT2D eigenvalue weighted by molar-refractivity contribution is 0.0595. The standard InChI is InChI=1S/C24H26N4O4/c1-29-11-12-31-19-7-9-28-21(14-26-23(28)13-19)20-6-5-17-3-2-4-22(24(17)27-20)32-16-18-15-30-10-8-25-18/h2-7,9,13-14,18,25H,8,10-12,15-16H2,1H3/t18-/m0/s1. The number of nitrogens with one attached hydrogen (secondary N) is 1. The largest absolute Gasteiger partial charge is 0.491 e. The number of fused-ring (bicyclic) bond motifs is 2. The fourth-order valence-corrected chi connectivity index (χ4v) is 3.78. The van der Waals surface area contributed by atoms with Crippen LogP contribution in [0.15, 0.2) is 54.9 Å². The van der Waals surface area contributed by atoms with E-state index >= 15 is 0 Å². The highest BCUT2D eigenvalue weighted by molar-refractivity contribution is 5.86. The van der Waals surface area contributed by atoms with Gasteiger partial charge in [-0.1, -0.05) is 18.2 Å². The van der Waals surface area contributed by atoms with Crippen LogP contribution in [0.2, 0.25) is 0 Å². The number of para-hydroxylation sites is 1. The molecule has 1 aromatic carbocycles. The first kappa shape index (κ1) is 20.7. The molecule has 0 unspecified atom stereocenters. The average molecular weight is 434 g/mol. The van der Waals surface area contributed by atoms with Gasteiger partial charge >= 0.3 is 0 Å². The maximum atomic E-state index is 6.13. The fraction of sp³-hybridized carbons (Fsp3) is 0.333. The van der Waals surface area contributed by atoms with Gasteiger partial charge in [0, 0.05) is 31.3 Å². The number of ether oxygens (including phenoxy) is 4. The van der Waals surface area contributed by atoms with Crippen LogP contribution >= 0.6 is 0 Å². The highest BCUT2D eigenvalue weighted by Crippen LogP contribution is 2.28. The lowest BCUT2D eigenvalue weighted by Crippen LogP contribution is -2.44. The number of pyridine rings is 2. The van der Waals surface area contributed by atoms with Gasteiger partial charge in [0.1, 0.15) is 35.9 Å². The maximum absolute atomic E-state index is 6.13. The summed E-state index contributed by atoms with van der Waals surface area (Å²) < 4.78 is 24.4. The molecule has 1 atom stereocenters. The number of hydrogen-bond acceptors (Lipinski definition) is 7. The van der Waals surface area contributed by atoms with E-state index in [1.54, 1.807) is 7.11 Å². The first-order valence-electron chi connectivity index (χ1n) is 10.7. The van der Waals surface area contributed by atoms with Gasteiger partial charge < -0.3 is 24.3 Å². The van der Waals surface area contributed by atoms with E-state index < -0.39 is 0 Å². The maximum Gasteiger partial charge on any atom is 0.145 e. The summed E-state index contributed by atoms with van der Waals surface area (Å²) in [6, 6.07) is 14.1. The SMILES string of the molecule is COCCOc1ccn2c(-c3ccc4cccc(OC[C@@H]5COCCN5)c4n3)cnc2c1. The van der Waals surface area contributed by atoms with E-state index in [4.69, 9.17) is 23.9 Å². The summed E-state index contributed by atoms with van der Waals surface area (Å²) in [6.45, 7) is 3.82. The normalized spacial score (nSPS) is 16.5. The Balaban J connectivity index is 1.42. The molecular formula is C24H26N4O4. The first-order chi connectivity index (χ1) is 15.8. The molecule has 1 saturated heterocycles. The third-order valence-electron chi connectivity index (χ3n) is 5.43. The van der Waals surface area contributed by atoms with Gasteiger partial charge in [0.05, 0.1) is 43.4 Å². The first-order valence-corrected chi connectivity index (χ1v) is 10.7. The van der Waals surface area contributed by atoms with Crippen molar-refractivity contribution in [2.75, 3.05) is 46.7 Å². The molecule has 0 spiro atoms. The van der Waals surface area contributed by atoms with Crippen LogP contribution in [-0.4, -0.2) is 67.1 Å². The van der Waals surface area contributed by atoms with Crippen molar-refractivity contribution in [1.82, 2.24) is 19.7 Å². The zero-order chi connectivity index (χ0) is 21.8. The van der Waals surface area contributed by atoms with Crippen LogP contribution in [0.1, 0.15) is 0 Å². The molecule has 1 N–H and O–H groups in total. The Kier molecular flexibility index (Phi) is 6.15. The summed E-state index contributed by atoms with van der Waals surface area (Å²) in [5.74, 6) is 1.52. The third kappa shape index (κ3) is 4.38. The molecule has 0 amide bonds. The molecule has 4 heterocycles. The number of morpholine rings is 1. The van der Waals surface area contributed by atoms with Crippen LogP contribution in [0.25, 0.3) is 27.9 Å². The van der Waals surface area contributed by atoms with E-state index in [-0.39, 0.29) is 6.04 Å². The number of hydrogen-bond donors (Lipinski definition) is 1. The topological polar surface area (TPSA) is 79.1 Å². The van der Waals surface area contributed by atoms with Crippen LogP contribution in [0.4, 0.5) is 0 Å². The Bertz CT molecular complexity index is 1200. The van der Waals surface area contributed by atoms with Crippen LogP contribution in [0.3, 0.4) is 0 Å². The van der Waals surface area contributed by atoms with E-state index in [0.29, 0.717) is 26.4 Å². The number of methoxy groups -OCH3 is 1. The molecule has 4 aromatic rings. The summed E-state index contributed by atoms with van der Waals surface area (Å²) in [7, 11) is 1.65. The number of imidazole rings is 1. The Labute approximate surface area is 186 Å². The van der Waals surface area contributed by atoms with Crippen molar-refractivity contribution in [3.8, 4) is 22.9 Å². The zero-order valence-electron chi connectivity index (χ0n) is 18.0. The van der Waals surface area contributed by atoms with E-state index in [0.717, 1.165) is 52.6 Å². The summed E-state index contributed by atoms with van der Waals surface area (Å²) in [4.78, 5) is 9.47. The Morgan fingerprint density at radius 3 is 3.00 bits per heavy atom. The van der Waals surface area contributed by atoms with Crippen LogP contribution in [0.5, 0.6) is 11.5 Å². The third-order valence-corrected chi connectivity index (χ3v) is 5.43. The van der Waals surface area contributed by atoms with Crippen molar-refractivity contribution in [3.05, 3.63) is 54.9 Å². The Hall–Kier alpha value is -3.20.